The van der Waals surface area contributed by atoms with E-state index in [0.717, 1.165) is 77.5 Å². The van der Waals surface area contributed by atoms with Gasteiger partial charge in [0.1, 0.15) is 0 Å². The van der Waals surface area contributed by atoms with E-state index in [0.29, 0.717) is 28.4 Å². The molecule has 8 heteroatoms. The van der Waals surface area contributed by atoms with E-state index in [-0.39, 0.29) is 0 Å². The van der Waals surface area contributed by atoms with Gasteiger partial charge in [-0.2, -0.15) is 13.2 Å². The summed E-state index contributed by atoms with van der Waals surface area (Å²) in [6.45, 7) is 2.10. The van der Waals surface area contributed by atoms with Gasteiger partial charge in [-0.3, -0.25) is 0 Å². The summed E-state index contributed by atoms with van der Waals surface area (Å²) >= 11 is 0. The minimum absolute atomic E-state index is 0.507. The Morgan fingerprint density at radius 3 is 1.46 bits per heavy atom. The van der Waals surface area contributed by atoms with Crippen molar-refractivity contribution in [2.24, 2.45) is 0 Å². The van der Waals surface area contributed by atoms with Crippen molar-refractivity contribution in [3.05, 3.63) is 199 Å². The molecule has 0 aliphatic carbocycles. The van der Waals surface area contributed by atoms with E-state index in [9.17, 15) is 13.2 Å². The summed E-state index contributed by atoms with van der Waals surface area (Å²) < 4.78 is 46.8. The maximum atomic E-state index is 14.2. The van der Waals surface area contributed by atoms with Crippen molar-refractivity contribution >= 4 is 43.6 Å². The largest absolute Gasteiger partial charge is 0.416 e. The highest BCUT2D eigenvalue weighted by molar-refractivity contribution is 6.11. The first-order chi connectivity index (χ1) is 29.8. The van der Waals surface area contributed by atoms with Crippen LogP contribution in [-0.2, 0) is 6.18 Å². The summed E-state index contributed by atoms with van der Waals surface area (Å²) in [6, 6.07) is 60.8. The highest BCUT2D eigenvalue weighted by atomic mass is 19.4. The van der Waals surface area contributed by atoms with E-state index in [1.807, 2.05) is 103 Å². The quantitative estimate of drug-likeness (QED) is 0.168. The Bertz CT molecular complexity index is 3420. The van der Waals surface area contributed by atoms with Crippen LogP contribution in [-0.4, -0.2) is 24.1 Å². The van der Waals surface area contributed by atoms with Crippen LogP contribution in [0.25, 0.3) is 100 Å². The first-order valence-corrected chi connectivity index (χ1v) is 20.0. The summed E-state index contributed by atoms with van der Waals surface area (Å²) in [6.07, 6.45) is -4.48. The molecule has 61 heavy (non-hydrogen) atoms. The van der Waals surface area contributed by atoms with E-state index in [1.54, 1.807) is 6.07 Å². The van der Waals surface area contributed by atoms with E-state index in [1.165, 1.54) is 12.1 Å². The zero-order chi connectivity index (χ0) is 41.2. The van der Waals surface area contributed by atoms with E-state index >= 15 is 0 Å². The maximum Gasteiger partial charge on any atom is 0.416 e. The van der Waals surface area contributed by atoms with Gasteiger partial charge in [0.25, 0.3) is 0 Å². The fourth-order valence-corrected chi connectivity index (χ4v) is 8.67. The third-order valence-corrected chi connectivity index (χ3v) is 11.5. The molecule has 0 radical (unpaired) electrons. The van der Waals surface area contributed by atoms with Gasteiger partial charge in [-0.1, -0.05) is 127 Å². The van der Waals surface area contributed by atoms with Gasteiger partial charge in [0, 0.05) is 49.4 Å². The van der Waals surface area contributed by atoms with Crippen molar-refractivity contribution in [2.75, 3.05) is 0 Å². The number of fused-ring (bicyclic) bond motifs is 6. The van der Waals surface area contributed by atoms with Crippen LogP contribution in [0.15, 0.2) is 188 Å². The zero-order valence-electron chi connectivity index (χ0n) is 32.8. The van der Waals surface area contributed by atoms with Gasteiger partial charge in [0.15, 0.2) is 17.5 Å². The molecule has 0 fully saturated rings. The Morgan fingerprint density at radius 1 is 0.377 bits per heavy atom. The number of nitrogens with zero attached hydrogens (tertiary/aromatic N) is 5. The second-order valence-electron chi connectivity index (χ2n) is 15.2. The number of alkyl halides is 3. The van der Waals surface area contributed by atoms with Gasteiger partial charge in [-0.15, -0.1) is 0 Å². The maximum absolute atomic E-state index is 14.2. The molecule has 0 aliphatic heterocycles. The lowest BCUT2D eigenvalue weighted by Gasteiger charge is -2.19. The molecule has 0 saturated heterocycles. The monoisotopic (exact) mass is 797 g/mol. The van der Waals surface area contributed by atoms with Crippen LogP contribution in [0.4, 0.5) is 13.2 Å². The molecule has 11 rings (SSSR count). The fourth-order valence-electron chi connectivity index (χ4n) is 8.67. The van der Waals surface area contributed by atoms with Crippen LogP contribution >= 0.6 is 0 Å². The fraction of sp³-hybridized carbons (Fsp3) is 0.0377. The highest BCUT2D eigenvalue weighted by Gasteiger charge is 2.31. The number of benzene rings is 8. The molecule has 0 unspecified atom stereocenters. The minimum atomic E-state index is -4.48. The highest BCUT2D eigenvalue weighted by Crippen LogP contribution is 2.43. The first kappa shape index (κ1) is 36.3. The van der Waals surface area contributed by atoms with Gasteiger partial charge in [-0.05, 0) is 73.7 Å². The van der Waals surface area contributed by atoms with Crippen molar-refractivity contribution in [3.8, 4) is 56.7 Å². The summed E-state index contributed by atoms with van der Waals surface area (Å²) in [7, 11) is 0. The second kappa shape index (κ2) is 14.2. The average Bonchev–Trinajstić information content (AvgIpc) is 3.81. The van der Waals surface area contributed by atoms with Gasteiger partial charge in [-0.25, -0.2) is 15.0 Å². The predicted molar refractivity (Wildman–Crippen MR) is 240 cm³/mol. The van der Waals surface area contributed by atoms with Gasteiger partial charge in [0.05, 0.1) is 39.0 Å². The van der Waals surface area contributed by atoms with Crippen LogP contribution in [0, 0.1) is 6.92 Å². The predicted octanol–water partition coefficient (Wildman–Crippen LogP) is 14.1. The van der Waals surface area contributed by atoms with Crippen LogP contribution in [0.2, 0.25) is 0 Å². The zero-order valence-corrected chi connectivity index (χ0v) is 32.8. The van der Waals surface area contributed by atoms with E-state index in [4.69, 9.17) is 15.0 Å². The normalized spacial score (nSPS) is 11.9. The molecule has 3 aromatic heterocycles. The van der Waals surface area contributed by atoms with Crippen molar-refractivity contribution in [1.29, 1.82) is 0 Å². The molecule has 0 spiro atoms. The number of para-hydroxylation sites is 3. The van der Waals surface area contributed by atoms with E-state index < -0.39 is 11.7 Å². The lowest BCUT2D eigenvalue weighted by molar-refractivity contribution is -0.137. The average molecular weight is 798 g/mol. The van der Waals surface area contributed by atoms with Crippen molar-refractivity contribution in [2.45, 2.75) is 13.1 Å². The summed E-state index contributed by atoms with van der Waals surface area (Å²) in [5.74, 6) is 1.61. The number of aryl methyl sites for hydroxylation is 1. The Balaban J connectivity index is 1.22. The lowest BCUT2D eigenvalue weighted by Crippen LogP contribution is -2.05. The number of halogens is 3. The smallest absolute Gasteiger partial charge is 0.309 e. The van der Waals surface area contributed by atoms with Crippen LogP contribution < -0.4 is 0 Å². The molecule has 0 N–H and O–H groups in total. The molecule has 5 nitrogen and oxygen atoms in total. The molecule has 0 atom stereocenters. The number of rotatable bonds is 6. The van der Waals surface area contributed by atoms with Crippen molar-refractivity contribution in [3.63, 3.8) is 0 Å². The standard InChI is InChI=1S/C53H34F3N5/c1-33-24-27-47-41(30-33)38-18-8-11-21-44(38)61(47)48-28-25-36(52-58-50(34-14-4-2-5-15-34)57-51(59-52)35-16-6-3-7-17-35)31-42(48)39-19-9-12-22-45(39)60-46-23-13-10-20-40(46)43-32-37(53(54,55)56)26-29-49(43)60/h2-32H,1H3. The Kier molecular flexibility index (Phi) is 8.42. The summed E-state index contributed by atoms with van der Waals surface area (Å²) in [4.78, 5) is 15.1. The second-order valence-corrected chi connectivity index (χ2v) is 15.2. The van der Waals surface area contributed by atoms with E-state index in [2.05, 4.69) is 82.8 Å². The molecule has 0 amide bonds. The van der Waals surface area contributed by atoms with Crippen molar-refractivity contribution in [1.82, 2.24) is 24.1 Å². The van der Waals surface area contributed by atoms with Crippen LogP contribution in [0.5, 0.6) is 0 Å². The molecular weight excluding hydrogens is 764 g/mol. The topological polar surface area (TPSA) is 48.5 Å². The Morgan fingerprint density at radius 2 is 0.852 bits per heavy atom. The SMILES string of the molecule is Cc1ccc2c(c1)c1ccccc1n2-c1ccc(-c2nc(-c3ccccc3)nc(-c3ccccc3)n2)cc1-c1ccccc1-n1c2ccccc2c2cc(C(F)(F)F)ccc21. The van der Waals surface area contributed by atoms with Gasteiger partial charge in [0.2, 0.25) is 0 Å². The number of aromatic nitrogens is 5. The van der Waals surface area contributed by atoms with Gasteiger partial charge < -0.3 is 9.13 Å². The summed E-state index contributed by atoms with van der Waals surface area (Å²) in [5, 5.41) is 3.53. The molecule has 8 aromatic carbocycles. The molecule has 0 aliphatic rings. The third-order valence-electron chi connectivity index (χ3n) is 11.5. The summed E-state index contributed by atoms with van der Waals surface area (Å²) in [5.41, 5.74) is 10.0. The first-order valence-electron chi connectivity index (χ1n) is 20.0. The third kappa shape index (κ3) is 6.14. The van der Waals surface area contributed by atoms with Crippen molar-refractivity contribution < 1.29 is 13.2 Å². The number of hydrogen-bond donors (Lipinski definition) is 0. The Hall–Kier alpha value is -7.84. The lowest BCUT2D eigenvalue weighted by atomic mass is 9.98. The van der Waals surface area contributed by atoms with Gasteiger partial charge >= 0.3 is 6.18 Å². The number of hydrogen-bond acceptors (Lipinski definition) is 3. The molecular formula is C53H34F3N5. The molecule has 3 heterocycles. The molecule has 0 saturated carbocycles. The van der Waals surface area contributed by atoms with Crippen LogP contribution in [0.3, 0.4) is 0 Å². The minimum Gasteiger partial charge on any atom is -0.309 e. The molecule has 11 aromatic rings. The molecule has 292 valence electrons. The molecule has 0 bridgehead atoms. The Labute approximate surface area is 348 Å². The van der Waals surface area contributed by atoms with Crippen LogP contribution in [0.1, 0.15) is 11.1 Å².